The van der Waals surface area contributed by atoms with Crippen LogP contribution in [0.15, 0.2) is 23.1 Å². The van der Waals surface area contributed by atoms with Crippen LogP contribution in [0.5, 0.6) is 11.5 Å². The third-order valence-corrected chi connectivity index (χ3v) is 3.88. The summed E-state index contributed by atoms with van der Waals surface area (Å²) in [6.45, 7) is 5.72. The monoisotopic (exact) mass is 267 g/mol. The molecule has 4 heteroatoms. The van der Waals surface area contributed by atoms with Crippen LogP contribution in [0.1, 0.15) is 26.7 Å². The van der Waals surface area contributed by atoms with Crippen LogP contribution in [-0.2, 0) is 0 Å². The maximum Gasteiger partial charge on any atom is 0.162 e. The fourth-order valence-corrected chi connectivity index (χ4v) is 3.21. The smallest absolute Gasteiger partial charge is 0.162 e. The third-order valence-electron chi connectivity index (χ3n) is 2.76. The van der Waals surface area contributed by atoms with Gasteiger partial charge in [0.2, 0.25) is 0 Å². The van der Waals surface area contributed by atoms with Gasteiger partial charge in [-0.25, -0.2) is 0 Å². The molecule has 1 aromatic carbocycles. The van der Waals surface area contributed by atoms with E-state index in [1.807, 2.05) is 24.8 Å². The molecule has 2 atom stereocenters. The van der Waals surface area contributed by atoms with Crippen molar-refractivity contribution in [3.63, 3.8) is 0 Å². The minimum atomic E-state index is 0.243. The molecule has 0 radical (unpaired) electrons. The highest BCUT2D eigenvalue weighted by atomic mass is 32.2. The summed E-state index contributed by atoms with van der Waals surface area (Å²) in [6.07, 6.45) is 1.96. The Labute approximate surface area is 113 Å². The third kappa shape index (κ3) is 3.82. The molecule has 0 aromatic heterocycles. The van der Waals surface area contributed by atoms with Crippen LogP contribution in [0.2, 0.25) is 0 Å². The predicted molar refractivity (Wildman–Crippen MR) is 75.6 cm³/mol. The van der Waals surface area contributed by atoms with Crippen molar-refractivity contribution in [1.82, 2.24) is 0 Å². The fraction of sp³-hybridized carbons (Fsp3) is 0.571. The van der Waals surface area contributed by atoms with E-state index < -0.39 is 0 Å². The zero-order valence-corrected chi connectivity index (χ0v) is 11.8. The summed E-state index contributed by atoms with van der Waals surface area (Å²) < 4.78 is 11.3. The van der Waals surface area contributed by atoms with E-state index in [0.29, 0.717) is 5.25 Å². The van der Waals surface area contributed by atoms with E-state index in [1.165, 1.54) is 4.90 Å². The van der Waals surface area contributed by atoms with Crippen molar-refractivity contribution in [3.8, 4) is 11.5 Å². The van der Waals surface area contributed by atoms with E-state index in [2.05, 4.69) is 19.1 Å². The maximum absolute atomic E-state index is 5.82. The molecule has 0 saturated carbocycles. The van der Waals surface area contributed by atoms with Crippen molar-refractivity contribution in [2.45, 2.75) is 42.9 Å². The van der Waals surface area contributed by atoms with Crippen molar-refractivity contribution >= 4 is 11.8 Å². The van der Waals surface area contributed by atoms with Gasteiger partial charge >= 0.3 is 0 Å². The van der Waals surface area contributed by atoms with Crippen LogP contribution in [0, 0.1) is 0 Å². The molecule has 0 aliphatic carbocycles. The van der Waals surface area contributed by atoms with Crippen LogP contribution in [0.4, 0.5) is 0 Å². The summed E-state index contributed by atoms with van der Waals surface area (Å²) in [5, 5.41) is 0.509. The molecule has 1 aromatic rings. The van der Waals surface area contributed by atoms with Gasteiger partial charge in [0.15, 0.2) is 11.5 Å². The minimum absolute atomic E-state index is 0.243. The summed E-state index contributed by atoms with van der Waals surface area (Å²) in [5.41, 5.74) is 5.82. The largest absolute Gasteiger partial charge is 0.490 e. The van der Waals surface area contributed by atoms with Crippen LogP contribution >= 0.6 is 11.8 Å². The van der Waals surface area contributed by atoms with Gasteiger partial charge in [-0.2, -0.15) is 0 Å². The Kier molecular flexibility index (Phi) is 4.78. The Morgan fingerprint density at radius 2 is 1.94 bits per heavy atom. The molecule has 3 nitrogen and oxygen atoms in total. The second kappa shape index (κ2) is 6.34. The normalized spacial score (nSPS) is 17.9. The molecule has 100 valence electrons. The molecule has 1 heterocycles. The quantitative estimate of drug-likeness (QED) is 0.852. The van der Waals surface area contributed by atoms with Crippen LogP contribution in [-0.4, -0.2) is 24.5 Å². The van der Waals surface area contributed by atoms with Crippen molar-refractivity contribution in [2.75, 3.05) is 13.2 Å². The highest BCUT2D eigenvalue weighted by Crippen LogP contribution is 2.35. The van der Waals surface area contributed by atoms with Gasteiger partial charge in [0, 0.05) is 22.6 Å². The molecule has 1 aliphatic rings. The molecule has 0 bridgehead atoms. The van der Waals surface area contributed by atoms with Crippen molar-refractivity contribution in [1.29, 1.82) is 0 Å². The van der Waals surface area contributed by atoms with E-state index in [1.54, 1.807) is 0 Å². The Morgan fingerprint density at radius 3 is 2.67 bits per heavy atom. The van der Waals surface area contributed by atoms with Gasteiger partial charge in [-0.05, 0) is 31.5 Å². The number of thioether (sulfide) groups is 1. The average Bonchev–Trinajstić information content (AvgIpc) is 2.52. The first-order valence-corrected chi connectivity index (χ1v) is 7.35. The lowest BCUT2D eigenvalue weighted by Gasteiger charge is -2.15. The molecule has 2 rings (SSSR count). The van der Waals surface area contributed by atoms with Gasteiger partial charge in [0.1, 0.15) is 0 Å². The molecular formula is C14H21NO2S. The summed E-state index contributed by atoms with van der Waals surface area (Å²) in [4.78, 5) is 1.22. The summed E-state index contributed by atoms with van der Waals surface area (Å²) in [7, 11) is 0. The Hall–Kier alpha value is -0.870. The van der Waals surface area contributed by atoms with Gasteiger partial charge in [-0.15, -0.1) is 11.8 Å². The Bertz CT molecular complexity index is 395. The molecule has 0 fully saturated rings. The van der Waals surface area contributed by atoms with Crippen LogP contribution < -0.4 is 15.2 Å². The second-order valence-corrected chi connectivity index (χ2v) is 6.31. The second-order valence-electron chi connectivity index (χ2n) is 4.80. The lowest BCUT2D eigenvalue weighted by Crippen LogP contribution is -2.19. The number of nitrogens with two attached hydrogens (primary N) is 1. The Balaban J connectivity index is 2.03. The molecule has 0 spiro atoms. The number of hydrogen-bond donors (Lipinski definition) is 1. The van der Waals surface area contributed by atoms with E-state index in [0.717, 1.165) is 37.6 Å². The number of hydrogen-bond acceptors (Lipinski definition) is 4. The standard InChI is InChI=1S/C14H21NO2S/c1-10(15)8-11(2)18-12-4-5-13-14(9-12)17-7-3-6-16-13/h4-5,9-11H,3,6-8,15H2,1-2H3. The zero-order chi connectivity index (χ0) is 13.0. The first kappa shape index (κ1) is 13.6. The first-order chi connectivity index (χ1) is 8.65. The number of benzene rings is 1. The van der Waals surface area contributed by atoms with Crippen molar-refractivity contribution in [2.24, 2.45) is 5.73 Å². The van der Waals surface area contributed by atoms with Crippen molar-refractivity contribution < 1.29 is 9.47 Å². The SMILES string of the molecule is CC(N)CC(C)Sc1ccc2c(c1)OCCCO2. The van der Waals surface area contributed by atoms with Crippen LogP contribution in [0.3, 0.4) is 0 Å². The van der Waals surface area contributed by atoms with Crippen LogP contribution in [0.25, 0.3) is 0 Å². The van der Waals surface area contributed by atoms with Gasteiger partial charge in [0.05, 0.1) is 13.2 Å². The lowest BCUT2D eigenvalue weighted by molar-refractivity contribution is 0.297. The fourth-order valence-electron chi connectivity index (χ4n) is 2.02. The van der Waals surface area contributed by atoms with Crippen molar-refractivity contribution in [3.05, 3.63) is 18.2 Å². The maximum atomic E-state index is 5.82. The molecule has 1 aliphatic heterocycles. The molecule has 0 amide bonds. The summed E-state index contributed by atoms with van der Waals surface area (Å²) in [6, 6.07) is 6.41. The lowest BCUT2D eigenvalue weighted by atomic mass is 10.2. The molecule has 18 heavy (non-hydrogen) atoms. The van der Waals surface area contributed by atoms with Gasteiger partial charge < -0.3 is 15.2 Å². The first-order valence-electron chi connectivity index (χ1n) is 6.47. The minimum Gasteiger partial charge on any atom is -0.490 e. The predicted octanol–water partition coefficient (Wildman–Crippen LogP) is 3.07. The summed E-state index contributed by atoms with van der Waals surface area (Å²) in [5.74, 6) is 1.72. The van der Waals surface area contributed by atoms with E-state index in [-0.39, 0.29) is 6.04 Å². The summed E-state index contributed by atoms with van der Waals surface area (Å²) >= 11 is 1.84. The number of fused-ring (bicyclic) bond motifs is 1. The molecule has 0 saturated heterocycles. The number of ether oxygens (including phenoxy) is 2. The number of rotatable bonds is 4. The Morgan fingerprint density at radius 1 is 1.22 bits per heavy atom. The average molecular weight is 267 g/mol. The highest BCUT2D eigenvalue weighted by molar-refractivity contribution is 7.99. The van der Waals surface area contributed by atoms with E-state index in [9.17, 15) is 0 Å². The zero-order valence-electron chi connectivity index (χ0n) is 11.0. The highest BCUT2D eigenvalue weighted by Gasteiger charge is 2.13. The topological polar surface area (TPSA) is 44.5 Å². The van der Waals surface area contributed by atoms with Gasteiger partial charge in [-0.1, -0.05) is 6.92 Å². The van der Waals surface area contributed by atoms with E-state index in [4.69, 9.17) is 15.2 Å². The van der Waals surface area contributed by atoms with E-state index >= 15 is 0 Å². The molecular weight excluding hydrogens is 246 g/mol. The molecule has 2 N–H and O–H groups in total. The molecule has 2 unspecified atom stereocenters. The van der Waals surface area contributed by atoms with Gasteiger partial charge in [0.25, 0.3) is 0 Å². The van der Waals surface area contributed by atoms with Gasteiger partial charge in [-0.3, -0.25) is 0 Å².